The first-order valence-corrected chi connectivity index (χ1v) is 8.86. The van der Waals surface area contributed by atoms with E-state index in [1.165, 1.54) is 4.90 Å². The van der Waals surface area contributed by atoms with Crippen molar-refractivity contribution in [2.75, 3.05) is 19.1 Å². The third-order valence-corrected chi connectivity index (χ3v) is 4.20. The molecule has 1 aromatic carbocycles. The van der Waals surface area contributed by atoms with Gasteiger partial charge in [-0.1, -0.05) is 23.8 Å². The van der Waals surface area contributed by atoms with E-state index in [1.54, 1.807) is 49.3 Å². The van der Waals surface area contributed by atoms with Crippen LogP contribution in [0.3, 0.4) is 0 Å². The van der Waals surface area contributed by atoms with E-state index in [2.05, 4.69) is 16.0 Å². The minimum absolute atomic E-state index is 0.0728. The van der Waals surface area contributed by atoms with Crippen LogP contribution in [0.2, 0.25) is 5.02 Å². The highest BCUT2D eigenvalue weighted by Crippen LogP contribution is 2.15. The zero-order chi connectivity index (χ0) is 19.3. The number of thiocarbonyl (C=S) groups is 2. The summed E-state index contributed by atoms with van der Waals surface area (Å²) in [6.07, 6.45) is 1.68. The van der Waals surface area contributed by atoms with Crippen LogP contribution in [0.25, 0.3) is 0 Å². The standard InChI is InChI=1S/C16H18ClN5O2S2/c1-4-24-15(23)14(19-18-12-7-5-11(17)6-8-12)22-13(25)9-10(2)20-21(3)16(22)26/h5-9,18,20H,4H2,1-3H3/b19-14-. The number of nitrogens with zero attached hydrogens (tertiary/aromatic N) is 3. The lowest BCUT2D eigenvalue weighted by Gasteiger charge is -2.28. The van der Waals surface area contributed by atoms with Crippen molar-refractivity contribution in [3.05, 3.63) is 41.1 Å². The number of hydrogen-bond acceptors (Lipinski definition) is 7. The summed E-state index contributed by atoms with van der Waals surface area (Å²) >= 11 is 16.7. The predicted molar refractivity (Wildman–Crippen MR) is 111 cm³/mol. The molecule has 7 nitrogen and oxygen atoms in total. The number of carbonyl (C=O) groups excluding carboxylic acids is 1. The molecule has 26 heavy (non-hydrogen) atoms. The molecule has 2 N–H and O–H groups in total. The maximum absolute atomic E-state index is 12.5. The van der Waals surface area contributed by atoms with Crippen LogP contribution in [0.15, 0.2) is 41.1 Å². The zero-order valence-corrected chi connectivity index (χ0v) is 16.8. The summed E-state index contributed by atoms with van der Waals surface area (Å²) in [5.41, 5.74) is 7.26. The molecule has 1 heterocycles. The van der Waals surface area contributed by atoms with Crippen molar-refractivity contribution in [2.24, 2.45) is 5.10 Å². The van der Waals surface area contributed by atoms with Gasteiger partial charge in [-0.25, -0.2) is 4.79 Å². The highest BCUT2D eigenvalue weighted by Gasteiger charge is 2.31. The van der Waals surface area contributed by atoms with E-state index in [9.17, 15) is 4.79 Å². The van der Waals surface area contributed by atoms with Gasteiger partial charge in [0.25, 0.3) is 0 Å². The number of amidine groups is 1. The molecule has 138 valence electrons. The van der Waals surface area contributed by atoms with Gasteiger partial charge in [0.05, 0.1) is 12.3 Å². The number of benzene rings is 1. The Kier molecular flexibility index (Phi) is 6.90. The number of carbonyl (C=O) groups is 1. The number of ether oxygens (including phenoxy) is 1. The third kappa shape index (κ3) is 4.90. The summed E-state index contributed by atoms with van der Waals surface area (Å²) in [4.78, 5) is 14.2. The summed E-state index contributed by atoms with van der Waals surface area (Å²) in [6.45, 7) is 3.73. The Morgan fingerprint density at radius 1 is 1.35 bits per heavy atom. The number of hydrazine groups is 1. The van der Waals surface area contributed by atoms with E-state index in [4.69, 9.17) is 40.8 Å². The van der Waals surface area contributed by atoms with E-state index in [0.29, 0.717) is 15.7 Å². The topological polar surface area (TPSA) is 69.2 Å². The number of hydrazone groups is 1. The first-order valence-electron chi connectivity index (χ1n) is 7.66. The number of anilines is 1. The molecule has 0 saturated heterocycles. The Labute approximate surface area is 167 Å². The van der Waals surface area contributed by atoms with E-state index in [0.717, 1.165) is 5.70 Å². The van der Waals surface area contributed by atoms with Gasteiger partial charge in [-0.15, -0.1) is 5.10 Å². The number of esters is 1. The normalized spacial score (nSPS) is 15.2. The van der Waals surface area contributed by atoms with Crippen molar-refractivity contribution in [1.82, 2.24) is 15.3 Å². The van der Waals surface area contributed by atoms with Crippen LogP contribution >= 0.6 is 36.0 Å². The van der Waals surface area contributed by atoms with Gasteiger partial charge in [0.1, 0.15) is 4.99 Å². The molecule has 0 amide bonds. The lowest BCUT2D eigenvalue weighted by atomic mass is 10.3. The first kappa shape index (κ1) is 20.1. The van der Waals surface area contributed by atoms with Crippen LogP contribution in [-0.2, 0) is 9.53 Å². The van der Waals surface area contributed by atoms with Crippen molar-refractivity contribution >= 4 is 63.6 Å². The van der Waals surface area contributed by atoms with Crippen LogP contribution in [0.5, 0.6) is 0 Å². The highest BCUT2D eigenvalue weighted by atomic mass is 35.5. The number of nitrogens with one attached hydrogen (secondary N) is 2. The molecule has 0 saturated carbocycles. The van der Waals surface area contributed by atoms with Gasteiger partial charge in [0, 0.05) is 17.8 Å². The monoisotopic (exact) mass is 411 g/mol. The summed E-state index contributed by atoms with van der Waals surface area (Å²) in [5, 5.41) is 6.60. The quantitative estimate of drug-likeness (QED) is 0.259. The predicted octanol–water partition coefficient (Wildman–Crippen LogP) is 2.90. The molecule has 0 aliphatic carbocycles. The smallest absolute Gasteiger partial charge is 0.376 e. The molecular weight excluding hydrogens is 394 g/mol. The molecule has 10 heteroatoms. The summed E-state index contributed by atoms with van der Waals surface area (Å²) in [6, 6.07) is 6.86. The Morgan fingerprint density at radius 2 is 2.00 bits per heavy atom. The fourth-order valence-corrected chi connectivity index (χ4v) is 2.82. The third-order valence-electron chi connectivity index (χ3n) is 3.19. The first-order chi connectivity index (χ1) is 12.3. The van der Waals surface area contributed by atoms with Crippen LogP contribution in [-0.4, -0.2) is 45.5 Å². The molecule has 0 aromatic heterocycles. The molecule has 2 rings (SSSR count). The van der Waals surface area contributed by atoms with E-state index < -0.39 is 5.97 Å². The Morgan fingerprint density at radius 3 is 2.62 bits per heavy atom. The molecule has 0 fully saturated rings. The van der Waals surface area contributed by atoms with Crippen LogP contribution < -0.4 is 10.9 Å². The Bertz CT molecular complexity index is 779. The Hall–Kier alpha value is -2.23. The number of rotatable bonds is 3. The summed E-state index contributed by atoms with van der Waals surface area (Å²) < 4.78 is 5.11. The maximum atomic E-state index is 12.5. The molecule has 1 aliphatic heterocycles. The molecule has 1 aromatic rings. The minimum atomic E-state index is -0.653. The SMILES string of the molecule is CCOC(=O)/C(=N/Nc1ccc(Cl)cc1)N1C(=S)C=C(C)NN(C)C1=S. The summed E-state index contributed by atoms with van der Waals surface area (Å²) in [5.74, 6) is -0.726. The lowest BCUT2D eigenvalue weighted by molar-refractivity contribution is -0.135. The van der Waals surface area contributed by atoms with E-state index in [-0.39, 0.29) is 17.6 Å². The van der Waals surface area contributed by atoms with Crippen molar-refractivity contribution in [2.45, 2.75) is 13.8 Å². The lowest BCUT2D eigenvalue weighted by Crippen LogP contribution is -2.51. The van der Waals surface area contributed by atoms with Gasteiger partial charge in [0.15, 0.2) is 0 Å². The number of hydrogen-bond donors (Lipinski definition) is 2. The van der Waals surface area contributed by atoms with Crippen LogP contribution in [0, 0.1) is 0 Å². The van der Waals surface area contributed by atoms with Gasteiger partial charge < -0.3 is 10.2 Å². The van der Waals surface area contributed by atoms with Crippen molar-refractivity contribution < 1.29 is 9.53 Å². The molecule has 1 aliphatic rings. The average Bonchev–Trinajstić information content (AvgIpc) is 2.67. The highest BCUT2D eigenvalue weighted by molar-refractivity contribution is 7.82. The van der Waals surface area contributed by atoms with Crippen molar-refractivity contribution in [3.8, 4) is 0 Å². The van der Waals surface area contributed by atoms with E-state index >= 15 is 0 Å². The van der Waals surface area contributed by atoms with Gasteiger partial charge in [-0.05, 0) is 56.4 Å². The number of halogens is 1. The maximum Gasteiger partial charge on any atom is 0.376 e. The van der Waals surface area contributed by atoms with Crippen LogP contribution in [0.4, 0.5) is 5.69 Å². The fraction of sp³-hybridized carbons (Fsp3) is 0.250. The zero-order valence-electron chi connectivity index (χ0n) is 14.4. The van der Waals surface area contributed by atoms with Gasteiger partial charge >= 0.3 is 5.97 Å². The fourth-order valence-electron chi connectivity index (χ4n) is 2.06. The van der Waals surface area contributed by atoms with E-state index in [1.807, 2.05) is 6.92 Å². The second-order valence-corrected chi connectivity index (χ2v) is 6.45. The number of allylic oxidation sites excluding steroid dienone is 1. The molecule has 0 unspecified atom stereocenters. The van der Waals surface area contributed by atoms with Crippen molar-refractivity contribution in [1.29, 1.82) is 0 Å². The minimum Gasteiger partial charge on any atom is -0.460 e. The van der Waals surface area contributed by atoms with Gasteiger partial charge in [0.2, 0.25) is 10.9 Å². The average molecular weight is 412 g/mol. The summed E-state index contributed by atoms with van der Waals surface area (Å²) in [7, 11) is 1.72. The molecular formula is C16H18ClN5O2S2. The van der Waals surface area contributed by atoms with Gasteiger partial charge in [-0.2, -0.15) is 0 Å². The molecule has 0 bridgehead atoms. The van der Waals surface area contributed by atoms with Crippen molar-refractivity contribution in [3.63, 3.8) is 0 Å². The molecule has 0 atom stereocenters. The molecule has 0 radical (unpaired) electrons. The van der Waals surface area contributed by atoms with Gasteiger partial charge in [-0.3, -0.25) is 15.3 Å². The molecule has 0 spiro atoms. The Balaban J connectivity index is 2.40. The second-order valence-electron chi connectivity index (χ2n) is 5.23. The second kappa shape index (κ2) is 8.93. The largest absolute Gasteiger partial charge is 0.460 e. The van der Waals surface area contributed by atoms with Crippen LogP contribution in [0.1, 0.15) is 13.8 Å².